The predicted octanol–water partition coefficient (Wildman–Crippen LogP) is 5.84. The van der Waals surface area contributed by atoms with Gasteiger partial charge in [-0.25, -0.2) is 4.79 Å². The summed E-state index contributed by atoms with van der Waals surface area (Å²) in [6.07, 6.45) is -18.3. The van der Waals surface area contributed by atoms with Gasteiger partial charge in [0.2, 0.25) is 0 Å². The molecule has 0 fully saturated rings. The van der Waals surface area contributed by atoms with Crippen molar-refractivity contribution >= 4 is 17.0 Å². The quantitative estimate of drug-likeness (QED) is 0.378. The lowest BCUT2D eigenvalue weighted by Gasteiger charge is -2.38. The number of carbonyl (C=O) groups excluding carboxylic acids is 1. The molecule has 0 unspecified atom stereocenters. The first-order valence-electron chi connectivity index (χ1n) is 5.47. The molecule has 0 spiro atoms. The minimum Gasteiger partial charge on any atom is -0.384 e. The van der Waals surface area contributed by atoms with Crippen molar-refractivity contribution in [3.8, 4) is 0 Å². The van der Waals surface area contributed by atoms with Crippen molar-refractivity contribution in [2.45, 2.75) is 48.8 Å². The van der Waals surface area contributed by atoms with Crippen molar-refractivity contribution in [2.75, 3.05) is 0 Å². The molecular weight excluding hydrogens is 423 g/mol. The standard InChI is InChI=1S/C9H4ClF13O2/c10-3(24)25-9(22,23)8(20,21)7(18,19)6(16,17)4(11,12)1-2-5(13,14)15/h1-2H2. The maximum atomic E-state index is 13.1. The van der Waals surface area contributed by atoms with Gasteiger partial charge in [-0.2, -0.15) is 57.1 Å². The maximum absolute atomic E-state index is 13.1. The smallest absolute Gasteiger partial charge is 0.384 e. The molecule has 0 saturated carbocycles. The third-order valence-corrected chi connectivity index (χ3v) is 2.62. The molecule has 0 heterocycles. The minimum absolute atomic E-state index is 2.22. The van der Waals surface area contributed by atoms with E-state index in [0.29, 0.717) is 0 Å². The van der Waals surface area contributed by atoms with Crippen LogP contribution in [-0.4, -0.2) is 41.4 Å². The monoisotopic (exact) mass is 426 g/mol. The van der Waals surface area contributed by atoms with Crippen LogP contribution in [0.1, 0.15) is 12.8 Å². The van der Waals surface area contributed by atoms with Gasteiger partial charge in [0.05, 0.1) is 0 Å². The zero-order chi connectivity index (χ0) is 20.7. The topological polar surface area (TPSA) is 26.3 Å². The summed E-state index contributed by atoms with van der Waals surface area (Å²) < 4.78 is 167. The normalized spacial score (nSPS) is 15.3. The van der Waals surface area contributed by atoms with E-state index in [1.54, 1.807) is 0 Å². The highest BCUT2D eigenvalue weighted by Gasteiger charge is 2.87. The Morgan fingerprint density at radius 1 is 0.680 bits per heavy atom. The molecule has 0 aliphatic heterocycles. The van der Waals surface area contributed by atoms with E-state index in [2.05, 4.69) is 16.3 Å². The molecule has 0 amide bonds. The first-order valence-corrected chi connectivity index (χ1v) is 5.84. The molecule has 0 bridgehead atoms. The van der Waals surface area contributed by atoms with Crippen LogP contribution in [0.25, 0.3) is 0 Å². The summed E-state index contributed by atoms with van der Waals surface area (Å²) in [7, 11) is 0. The van der Waals surface area contributed by atoms with Crippen LogP contribution in [0.5, 0.6) is 0 Å². The largest absolute Gasteiger partial charge is 0.474 e. The molecule has 16 heteroatoms. The highest BCUT2D eigenvalue weighted by Crippen LogP contribution is 2.58. The summed E-state index contributed by atoms with van der Waals surface area (Å²) in [6.45, 7) is 0. The highest BCUT2D eigenvalue weighted by molar-refractivity contribution is 6.61. The second-order valence-electron chi connectivity index (χ2n) is 4.40. The summed E-state index contributed by atoms with van der Waals surface area (Å²) in [5.74, 6) is -29.0. The Hall–Kier alpha value is -1.15. The minimum atomic E-state index is -7.65. The van der Waals surface area contributed by atoms with E-state index >= 15 is 0 Å². The van der Waals surface area contributed by atoms with E-state index in [-0.39, 0.29) is 0 Å². The zero-order valence-corrected chi connectivity index (χ0v) is 11.8. The van der Waals surface area contributed by atoms with Gasteiger partial charge in [-0.05, 0) is 0 Å². The van der Waals surface area contributed by atoms with Crippen LogP contribution in [0.15, 0.2) is 0 Å². The van der Waals surface area contributed by atoms with Crippen molar-refractivity contribution in [3.05, 3.63) is 0 Å². The SMILES string of the molecule is O=C(Cl)OC(F)(F)C(F)(F)C(F)(F)C(F)(F)C(F)(F)CCC(F)(F)F. The second-order valence-corrected chi connectivity index (χ2v) is 4.71. The van der Waals surface area contributed by atoms with Gasteiger partial charge in [0.25, 0.3) is 0 Å². The number of hydrogen-bond donors (Lipinski definition) is 0. The third-order valence-electron chi connectivity index (χ3n) is 2.54. The van der Waals surface area contributed by atoms with Gasteiger partial charge in [0.1, 0.15) is 0 Å². The van der Waals surface area contributed by atoms with Gasteiger partial charge < -0.3 is 4.74 Å². The number of hydrogen-bond acceptors (Lipinski definition) is 2. The maximum Gasteiger partial charge on any atom is 0.474 e. The van der Waals surface area contributed by atoms with E-state index < -0.39 is 54.2 Å². The number of ether oxygens (including phenoxy) is 1. The molecule has 25 heavy (non-hydrogen) atoms. The van der Waals surface area contributed by atoms with Gasteiger partial charge in [-0.3, -0.25) is 0 Å². The van der Waals surface area contributed by atoms with Crippen LogP contribution in [-0.2, 0) is 4.74 Å². The van der Waals surface area contributed by atoms with E-state index in [1.807, 2.05) is 0 Å². The van der Waals surface area contributed by atoms with Crippen molar-refractivity contribution in [1.82, 2.24) is 0 Å². The van der Waals surface area contributed by atoms with E-state index in [0.717, 1.165) is 0 Å². The number of carbonyl (C=O) groups is 1. The summed E-state index contributed by atoms with van der Waals surface area (Å²) in [5, 5.41) is 0. The van der Waals surface area contributed by atoms with E-state index in [9.17, 15) is 61.9 Å². The van der Waals surface area contributed by atoms with Crippen LogP contribution in [0.2, 0.25) is 0 Å². The lowest BCUT2D eigenvalue weighted by molar-refractivity contribution is -0.435. The van der Waals surface area contributed by atoms with Crippen molar-refractivity contribution < 1.29 is 66.6 Å². The first kappa shape index (κ1) is 23.8. The van der Waals surface area contributed by atoms with Crippen LogP contribution in [0.3, 0.4) is 0 Å². The number of rotatable bonds is 7. The average molecular weight is 427 g/mol. The molecule has 150 valence electrons. The Bertz CT molecular complexity index is 498. The molecule has 2 nitrogen and oxygen atoms in total. The molecule has 0 rings (SSSR count). The Balaban J connectivity index is 5.89. The van der Waals surface area contributed by atoms with Crippen molar-refractivity contribution in [2.24, 2.45) is 0 Å². The summed E-state index contributed by atoms with van der Waals surface area (Å²) in [4.78, 5) is 9.92. The molecule has 0 atom stereocenters. The van der Waals surface area contributed by atoms with Crippen molar-refractivity contribution in [3.63, 3.8) is 0 Å². The third kappa shape index (κ3) is 4.53. The van der Waals surface area contributed by atoms with Crippen LogP contribution < -0.4 is 0 Å². The molecule has 0 aliphatic carbocycles. The molecule has 0 radical (unpaired) electrons. The fourth-order valence-electron chi connectivity index (χ4n) is 1.23. The summed E-state index contributed by atoms with van der Waals surface area (Å²) in [6, 6.07) is 0. The van der Waals surface area contributed by atoms with Crippen LogP contribution in [0.4, 0.5) is 61.9 Å². The van der Waals surface area contributed by atoms with E-state index in [1.165, 1.54) is 0 Å². The molecule has 0 aliphatic rings. The number of alkyl halides is 13. The Kier molecular flexibility index (Phi) is 6.24. The molecule has 0 aromatic heterocycles. The van der Waals surface area contributed by atoms with Crippen molar-refractivity contribution in [1.29, 1.82) is 0 Å². The molecule has 0 aromatic rings. The van der Waals surface area contributed by atoms with Gasteiger partial charge in [0.15, 0.2) is 0 Å². The summed E-state index contributed by atoms with van der Waals surface area (Å²) >= 11 is 4.04. The second kappa shape index (κ2) is 6.54. The predicted molar refractivity (Wildman–Crippen MR) is 52.4 cm³/mol. The van der Waals surface area contributed by atoms with Crippen LogP contribution >= 0.6 is 11.6 Å². The Labute approximate surface area is 133 Å². The zero-order valence-electron chi connectivity index (χ0n) is 11.0. The van der Waals surface area contributed by atoms with Gasteiger partial charge in [-0.1, -0.05) is 0 Å². The lowest BCUT2D eigenvalue weighted by atomic mass is 9.95. The summed E-state index contributed by atoms with van der Waals surface area (Å²) in [5.41, 5.74) is -2.88. The molecule has 0 N–H and O–H groups in total. The molecular formula is C9H4ClF13O2. The Morgan fingerprint density at radius 2 is 1.08 bits per heavy atom. The highest BCUT2D eigenvalue weighted by atomic mass is 35.5. The lowest BCUT2D eigenvalue weighted by Crippen LogP contribution is -2.67. The van der Waals surface area contributed by atoms with Gasteiger partial charge in [-0.15, -0.1) is 0 Å². The average Bonchev–Trinajstić information content (AvgIpc) is 2.33. The fourth-order valence-corrected chi connectivity index (χ4v) is 1.33. The van der Waals surface area contributed by atoms with Crippen LogP contribution in [0, 0.1) is 0 Å². The first-order chi connectivity index (χ1) is 10.6. The van der Waals surface area contributed by atoms with Gasteiger partial charge in [0, 0.05) is 24.4 Å². The Morgan fingerprint density at radius 3 is 1.40 bits per heavy atom. The fraction of sp³-hybridized carbons (Fsp3) is 0.889. The molecule has 0 saturated heterocycles. The number of halogens is 14. The van der Waals surface area contributed by atoms with E-state index in [4.69, 9.17) is 0 Å². The molecule has 0 aromatic carbocycles. The van der Waals surface area contributed by atoms with Gasteiger partial charge >= 0.3 is 41.4 Å².